The van der Waals surface area contributed by atoms with E-state index in [2.05, 4.69) is 0 Å². The van der Waals surface area contributed by atoms with Crippen LogP contribution in [0.2, 0.25) is 0 Å². The van der Waals surface area contributed by atoms with Gasteiger partial charge in [-0.2, -0.15) is 0 Å². The van der Waals surface area contributed by atoms with Crippen molar-refractivity contribution in [1.82, 2.24) is 0 Å². The Morgan fingerprint density at radius 1 is 1.04 bits per heavy atom. The third-order valence-corrected chi connectivity index (χ3v) is 4.81. The summed E-state index contributed by atoms with van der Waals surface area (Å²) in [5.74, 6) is 1.53. The van der Waals surface area contributed by atoms with Crippen molar-refractivity contribution >= 4 is 21.9 Å². The molecule has 23 heavy (non-hydrogen) atoms. The molecule has 0 atom stereocenters. The van der Waals surface area contributed by atoms with E-state index in [1.807, 2.05) is 6.07 Å². The first-order valence-electron chi connectivity index (χ1n) is 8.38. The number of hydrogen-bond donors (Lipinski definition) is 0. The Hall–Kier alpha value is -2.23. The van der Waals surface area contributed by atoms with E-state index in [4.69, 9.17) is 13.6 Å². The normalized spacial score (nSPS) is 16.2. The van der Waals surface area contributed by atoms with E-state index >= 15 is 0 Å². The maximum atomic E-state index is 11.5. The zero-order chi connectivity index (χ0) is 15.6. The van der Waals surface area contributed by atoms with Crippen molar-refractivity contribution in [2.24, 2.45) is 5.92 Å². The molecule has 0 bridgehead atoms. The van der Waals surface area contributed by atoms with Crippen LogP contribution in [0.5, 0.6) is 5.75 Å². The minimum Gasteiger partial charge on any atom is -0.492 e. The van der Waals surface area contributed by atoms with E-state index in [9.17, 15) is 4.79 Å². The summed E-state index contributed by atoms with van der Waals surface area (Å²) in [6.07, 6.45) is 9.40. The van der Waals surface area contributed by atoms with E-state index in [0.29, 0.717) is 17.8 Å². The molecule has 2 aromatic heterocycles. The molecule has 1 saturated carbocycles. The fourth-order valence-corrected chi connectivity index (χ4v) is 3.57. The quantitative estimate of drug-likeness (QED) is 0.644. The van der Waals surface area contributed by atoms with Gasteiger partial charge in [0.2, 0.25) is 0 Å². The van der Waals surface area contributed by atoms with Crippen LogP contribution in [0.15, 0.2) is 44.2 Å². The van der Waals surface area contributed by atoms with Gasteiger partial charge in [-0.05, 0) is 24.5 Å². The van der Waals surface area contributed by atoms with Gasteiger partial charge in [0.25, 0.3) is 0 Å². The average molecular weight is 312 g/mol. The third kappa shape index (κ3) is 2.85. The average Bonchev–Trinajstić information content (AvgIpc) is 3.03. The molecule has 0 spiro atoms. The Balaban J connectivity index is 1.63. The van der Waals surface area contributed by atoms with Crippen LogP contribution in [-0.4, -0.2) is 6.61 Å². The van der Waals surface area contributed by atoms with Gasteiger partial charge >= 0.3 is 5.63 Å². The largest absolute Gasteiger partial charge is 0.492 e. The third-order valence-electron chi connectivity index (χ3n) is 4.81. The van der Waals surface area contributed by atoms with Crippen LogP contribution < -0.4 is 10.4 Å². The minimum atomic E-state index is -0.364. The van der Waals surface area contributed by atoms with Crippen molar-refractivity contribution < 1.29 is 13.6 Å². The monoisotopic (exact) mass is 312 g/mol. The first kappa shape index (κ1) is 14.4. The molecule has 120 valence electrons. The highest BCUT2D eigenvalue weighted by molar-refractivity contribution is 6.01. The lowest BCUT2D eigenvalue weighted by molar-refractivity contribution is 0.249. The van der Waals surface area contributed by atoms with Crippen molar-refractivity contribution in [1.29, 1.82) is 0 Å². The number of benzene rings is 1. The zero-order valence-corrected chi connectivity index (χ0v) is 13.0. The van der Waals surface area contributed by atoms with E-state index in [1.165, 1.54) is 38.2 Å². The summed E-state index contributed by atoms with van der Waals surface area (Å²) in [6.45, 7) is 0.684. The first-order valence-corrected chi connectivity index (χ1v) is 8.38. The molecule has 4 rings (SSSR count). The lowest BCUT2D eigenvalue weighted by atomic mass is 9.87. The number of rotatable bonds is 4. The van der Waals surface area contributed by atoms with Gasteiger partial charge in [-0.3, -0.25) is 0 Å². The topological polar surface area (TPSA) is 52.6 Å². The van der Waals surface area contributed by atoms with Gasteiger partial charge in [0.15, 0.2) is 0 Å². The summed E-state index contributed by atoms with van der Waals surface area (Å²) in [5, 5.41) is 1.75. The molecule has 0 aliphatic heterocycles. The highest BCUT2D eigenvalue weighted by Crippen LogP contribution is 2.35. The fraction of sp³-hybridized carbons (Fsp3) is 0.421. The molecule has 0 saturated heterocycles. The lowest BCUT2D eigenvalue weighted by Gasteiger charge is -2.21. The predicted octanol–water partition coefficient (Wildman–Crippen LogP) is 4.89. The highest BCUT2D eigenvalue weighted by atomic mass is 16.5. The molecule has 0 amide bonds. The van der Waals surface area contributed by atoms with E-state index in [1.54, 1.807) is 18.4 Å². The van der Waals surface area contributed by atoms with Crippen molar-refractivity contribution in [3.63, 3.8) is 0 Å². The molecule has 1 aliphatic carbocycles. The predicted molar refractivity (Wildman–Crippen MR) is 88.9 cm³/mol. The van der Waals surface area contributed by atoms with Crippen LogP contribution in [0, 0.1) is 5.92 Å². The van der Waals surface area contributed by atoms with Crippen LogP contribution in [-0.2, 0) is 0 Å². The van der Waals surface area contributed by atoms with Crippen LogP contribution in [0.3, 0.4) is 0 Å². The molecule has 1 fully saturated rings. The second kappa shape index (κ2) is 6.11. The SMILES string of the molecule is O=c1ccc2c(OCCC3CCCCC3)c3ccoc3cc2o1. The van der Waals surface area contributed by atoms with Crippen molar-refractivity contribution in [3.05, 3.63) is 40.9 Å². The second-order valence-electron chi connectivity index (χ2n) is 6.35. The van der Waals surface area contributed by atoms with Gasteiger partial charge in [0, 0.05) is 12.1 Å². The Morgan fingerprint density at radius 3 is 2.74 bits per heavy atom. The number of hydrogen-bond acceptors (Lipinski definition) is 4. The van der Waals surface area contributed by atoms with Gasteiger partial charge in [0.1, 0.15) is 16.9 Å². The molecule has 0 unspecified atom stereocenters. The van der Waals surface area contributed by atoms with Gasteiger partial charge in [-0.25, -0.2) is 4.79 Å². The smallest absolute Gasteiger partial charge is 0.336 e. The molecule has 1 aromatic carbocycles. The Morgan fingerprint density at radius 2 is 1.87 bits per heavy atom. The van der Waals surface area contributed by atoms with E-state index < -0.39 is 0 Å². The van der Waals surface area contributed by atoms with E-state index in [0.717, 1.165) is 28.9 Å². The minimum absolute atomic E-state index is 0.364. The summed E-state index contributed by atoms with van der Waals surface area (Å²) in [4.78, 5) is 11.5. The summed E-state index contributed by atoms with van der Waals surface area (Å²) in [6, 6.07) is 6.85. The van der Waals surface area contributed by atoms with Crippen molar-refractivity contribution in [3.8, 4) is 5.75 Å². The van der Waals surface area contributed by atoms with E-state index in [-0.39, 0.29) is 5.63 Å². The maximum Gasteiger partial charge on any atom is 0.336 e. The second-order valence-corrected chi connectivity index (χ2v) is 6.35. The van der Waals surface area contributed by atoms with Crippen LogP contribution in [0.25, 0.3) is 21.9 Å². The van der Waals surface area contributed by atoms with Crippen LogP contribution >= 0.6 is 0 Å². The molecule has 3 aromatic rings. The van der Waals surface area contributed by atoms with Crippen molar-refractivity contribution in [2.75, 3.05) is 6.61 Å². The molecular formula is C19H20O4. The number of furan rings is 1. The molecule has 4 nitrogen and oxygen atoms in total. The van der Waals surface area contributed by atoms with Crippen LogP contribution in [0.4, 0.5) is 0 Å². The number of fused-ring (bicyclic) bond motifs is 2. The van der Waals surface area contributed by atoms with Crippen LogP contribution in [0.1, 0.15) is 38.5 Å². The van der Waals surface area contributed by atoms with Gasteiger partial charge in [-0.1, -0.05) is 32.1 Å². The van der Waals surface area contributed by atoms with Gasteiger partial charge < -0.3 is 13.6 Å². The molecule has 2 heterocycles. The number of ether oxygens (including phenoxy) is 1. The van der Waals surface area contributed by atoms with Gasteiger partial charge in [0.05, 0.1) is 23.6 Å². The molecular weight excluding hydrogens is 292 g/mol. The molecule has 0 N–H and O–H groups in total. The van der Waals surface area contributed by atoms with Gasteiger partial charge in [-0.15, -0.1) is 0 Å². The maximum absolute atomic E-state index is 11.5. The zero-order valence-electron chi connectivity index (χ0n) is 13.0. The summed E-state index contributed by atoms with van der Waals surface area (Å²) < 4.78 is 16.9. The Bertz CT molecular complexity index is 868. The fourth-order valence-electron chi connectivity index (χ4n) is 3.57. The highest BCUT2D eigenvalue weighted by Gasteiger charge is 2.16. The van der Waals surface area contributed by atoms with Crippen molar-refractivity contribution in [2.45, 2.75) is 38.5 Å². The Kier molecular flexibility index (Phi) is 3.82. The summed E-state index contributed by atoms with van der Waals surface area (Å²) >= 11 is 0. The summed E-state index contributed by atoms with van der Waals surface area (Å²) in [7, 11) is 0. The first-order chi connectivity index (χ1) is 11.3. The molecule has 1 aliphatic rings. The lowest BCUT2D eigenvalue weighted by Crippen LogP contribution is -2.11. The Labute approximate surface area is 134 Å². The standard InChI is InChI=1S/C19H20O4/c20-18-7-6-14-17(23-18)12-16-15(9-11-21-16)19(14)22-10-8-13-4-2-1-3-5-13/h6-7,9,11-13H,1-5,8,10H2. The molecule has 0 radical (unpaired) electrons. The molecule has 4 heteroatoms. The summed E-state index contributed by atoms with van der Waals surface area (Å²) in [5.41, 5.74) is 0.823.